The number of carbonyl (C=O) groups is 3. The number of rotatable bonds is 7. The van der Waals surface area contributed by atoms with Gasteiger partial charge in [-0.1, -0.05) is 49.7 Å². The molecule has 0 aliphatic heterocycles. The maximum Gasteiger partial charge on any atom is 0.325 e. The summed E-state index contributed by atoms with van der Waals surface area (Å²) in [6, 6.07) is 14.5. The zero-order valence-corrected chi connectivity index (χ0v) is 15.7. The molecule has 2 rings (SSSR count). The van der Waals surface area contributed by atoms with Crippen LogP contribution in [0, 0.1) is 6.92 Å². The number of ether oxygens (including phenoxy) is 1. The summed E-state index contributed by atoms with van der Waals surface area (Å²) < 4.78 is 4.92. The first kappa shape index (κ1) is 20.2. The Morgan fingerprint density at radius 1 is 1.04 bits per heavy atom. The van der Waals surface area contributed by atoms with Gasteiger partial charge in [-0.2, -0.15) is 0 Å². The Hall–Kier alpha value is -3.15. The van der Waals surface area contributed by atoms with Gasteiger partial charge in [-0.3, -0.25) is 14.4 Å². The minimum Gasteiger partial charge on any atom is -0.454 e. The second kappa shape index (κ2) is 9.52. The molecule has 2 amide bonds. The third-order valence-corrected chi connectivity index (χ3v) is 3.89. The number of hydrogen-bond acceptors (Lipinski definition) is 4. The van der Waals surface area contributed by atoms with Crippen LogP contribution in [0.1, 0.15) is 41.3 Å². The zero-order valence-electron chi connectivity index (χ0n) is 15.7. The van der Waals surface area contributed by atoms with Crippen LogP contribution in [0.4, 0.5) is 5.69 Å². The topological polar surface area (TPSA) is 84.5 Å². The van der Waals surface area contributed by atoms with E-state index in [-0.39, 0.29) is 18.4 Å². The maximum absolute atomic E-state index is 12.0. The van der Waals surface area contributed by atoms with Crippen molar-refractivity contribution in [2.24, 2.45) is 0 Å². The molecule has 2 aromatic carbocycles. The number of anilines is 1. The lowest BCUT2D eigenvalue weighted by molar-refractivity contribution is -0.146. The SMILES string of the molecule is Cc1cccc(C(=O)NCC(=O)OCC(=O)Nc2ccccc2C(C)C)c1. The van der Waals surface area contributed by atoms with E-state index < -0.39 is 18.5 Å². The minimum atomic E-state index is -0.678. The average molecular weight is 368 g/mol. The Morgan fingerprint density at radius 3 is 2.48 bits per heavy atom. The molecular weight excluding hydrogens is 344 g/mol. The van der Waals surface area contributed by atoms with Crippen LogP contribution >= 0.6 is 0 Å². The fourth-order valence-electron chi connectivity index (χ4n) is 2.54. The van der Waals surface area contributed by atoms with Gasteiger partial charge in [0.2, 0.25) is 0 Å². The Labute approximate surface area is 158 Å². The van der Waals surface area contributed by atoms with Crippen LogP contribution in [0.5, 0.6) is 0 Å². The van der Waals surface area contributed by atoms with Crippen molar-refractivity contribution < 1.29 is 19.1 Å². The lowest BCUT2D eigenvalue weighted by Gasteiger charge is -2.13. The summed E-state index contributed by atoms with van der Waals surface area (Å²) in [5.41, 5.74) is 3.11. The predicted octanol–water partition coefficient (Wildman–Crippen LogP) is 3.03. The van der Waals surface area contributed by atoms with Crippen LogP contribution in [0.2, 0.25) is 0 Å². The van der Waals surface area contributed by atoms with E-state index in [1.165, 1.54) is 0 Å². The van der Waals surface area contributed by atoms with Gasteiger partial charge >= 0.3 is 5.97 Å². The van der Waals surface area contributed by atoms with Gasteiger partial charge in [-0.25, -0.2) is 0 Å². The molecule has 142 valence electrons. The largest absolute Gasteiger partial charge is 0.454 e. The molecule has 0 unspecified atom stereocenters. The van der Waals surface area contributed by atoms with Crippen LogP contribution < -0.4 is 10.6 Å². The van der Waals surface area contributed by atoms with Gasteiger partial charge in [0.25, 0.3) is 11.8 Å². The molecule has 0 fully saturated rings. The summed E-state index contributed by atoms with van der Waals surface area (Å²) in [4.78, 5) is 35.8. The molecule has 6 nitrogen and oxygen atoms in total. The van der Waals surface area contributed by atoms with Gasteiger partial charge in [0.05, 0.1) is 0 Å². The summed E-state index contributed by atoms with van der Waals surface area (Å²) >= 11 is 0. The van der Waals surface area contributed by atoms with E-state index in [1.807, 2.05) is 45.0 Å². The normalized spacial score (nSPS) is 10.4. The Bertz CT molecular complexity index is 830. The summed E-state index contributed by atoms with van der Waals surface area (Å²) in [6.45, 7) is 5.22. The van der Waals surface area contributed by atoms with Gasteiger partial charge in [0.1, 0.15) is 6.54 Å². The predicted molar refractivity (Wildman–Crippen MR) is 104 cm³/mol. The molecule has 0 bridgehead atoms. The first-order chi connectivity index (χ1) is 12.9. The lowest BCUT2D eigenvalue weighted by Crippen LogP contribution is -2.32. The fraction of sp³-hybridized carbons (Fsp3) is 0.286. The van der Waals surface area contributed by atoms with Crippen LogP contribution in [0.25, 0.3) is 0 Å². The lowest BCUT2D eigenvalue weighted by atomic mass is 10.0. The number of amides is 2. The van der Waals surface area contributed by atoms with Crippen LogP contribution in [0.3, 0.4) is 0 Å². The molecule has 0 radical (unpaired) electrons. The second-order valence-corrected chi connectivity index (χ2v) is 6.50. The van der Waals surface area contributed by atoms with E-state index in [9.17, 15) is 14.4 Å². The number of benzene rings is 2. The Morgan fingerprint density at radius 2 is 1.78 bits per heavy atom. The molecular formula is C21H24N2O4. The van der Waals surface area contributed by atoms with Gasteiger partial charge in [-0.15, -0.1) is 0 Å². The molecule has 0 saturated carbocycles. The molecule has 0 heterocycles. The fourth-order valence-corrected chi connectivity index (χ4v) is 2.54. The molecule has 0 aromatic heterocycles. The molecule has 0 atom stereocenters. The number of esters is 1. The van der Waals surface area contributed by atoms with Crippen molar-refractivity contribution in [3.05, 3.63) is 65.2 Å². The molecule has 27 heavy (non-hydrogen) atoms. The zero-order chi connectivity index (χ0) is 19.8. The maximum atomic E-state index is 12.0. The number of aryl methyl sites for hydroxylation is 1. The first-order valence-electron chi connectivity index (χ1n) is 8.76. The third-order valence-electron chi connectivity index (χ3n) is 3.89. The summed E-state index contributed by atoms with van der Waals surface area (Å²) in [7, 11) is 0. The molecule has 0 saturated heterocycles. The minimum absolute atomic E-state index is 0.251. The van der Waals surface area contributed by atoms with Crippen molar-refractivity contribution in [3.8, 4) is 0 Å². The Kier molecular flexibility index (Phi) is 7.11. The average Bonchev–Trinajstić information content (AvgIpc) is 2.64. The van der Waals surface area contributed by atoms with Crippen molar-refractivity contribution in [1.82, 2.24) is 5.32 Å². The third kappa shape index (κ3) is 6.26. The van der Waals surface area contributed by atoms with E-state index in [4.69, 9.17) is 4.74 Å². The standard InChI is InChI=1S/C21H24N2O4/c1-14(2)17-9-4-5-10-18(17)23-19(24)13-27-20(25)12-22-21(26)16-8-6-7-15(3)11-16/h4-11,14H,12-13H2,1-3H3,(H,22,26)(H,23,24). The van der Waals surface area contributed by atoms with E-state index in [2.05, 4.69) is 10.6 Å². The van der Waals surface area contributed by atoms with Gasteiger partial charge in [0, 0.05) is 11.3 Å². The van der Waals surface area contributed by atoms with E-state index in [0.29, 0.717) is 11.3 Å². The van der Waals surface area contributed by atoms with E-state index >= 15 is 0 Å². The van der Waals surface area contributed by atoms with Gasteiger partial charge in [0.15, 0.2) is 6.61 Å². The number of para-hydroxylation sites is 1. The van der Waals surface area contributed by atoms with Gasteiger partial charge < -0.3 is 15.4 Å². The summed E-state index contributed by atoms with van der Waals surface area (Å²) in [5.74, 6) is -1.23. The molecule has 6 heteroatoms. The highest BCUT2D eigenvalue weighted by Crippen LogP contribution is 2.23. The number of hydrogen-bond donors (Lipinski definition) is 2. The van der Waals surface area contributed by atoms with Crippen molar-refractivity contribution in [3.63, 3.8) is 0 Å². The monoisotopic (exact) mass is 368 g/mol. The highest BCUT2D eigenvalue weighted by molar-refractivity contribution is 5.96. The van der Waals surface area contributed by atoms with E-state index in [0.717, 1.165) is 11.1 Å². The quantitative estimate of drug-likeness (QED) is 0.736. The summed E-state index contributed by atoms with van der Waals surface area (Å²) in [5, 5.41) is 5.22. The molecule has 0 aliphatic rings. The van der Waals surface area contributed by atoms with Crippen LogP contribution in [-0.2, 0) is 14.3 Å². The van der Waals surface area contributed by atoms with Gasteiger partial charge in [-0.05, 0) is 36.6 Å². The molecule has 2 aromatic rings. The summed E-state index contributed by atoms with van der Waals surface area (Å²) in [6.07, 6.45) is 0. The van der Waals surface area contributed by atoms with Crippen molar-refractivity contribution in [2.45, 2.75) is 26.7 Å². The number of carbonyl (C=O) groups excluding carboxylic acids is 3. The Balaban J connectivity index is 1.78. The second-order valence-electron chi connectivity index (χ2n) is 6.50. The molecule has 0 spiro atoms. The molecule has 2 N–H and O–H groups in total. The number of nitrogens with one attached hydrogen (secondary N) is 2. The smallest absolute Gasteiger partial charge is 0.325 e. The van der Waals surface area contributed by atoms with Crippen molar-refractivity contribution >= 4 is 23.5 Å². The molecule has 0 aliphatic carbocycles. The van der Waals surface area contributed by atoms with Crippen LogP contribution in [0.15, 0.2) is 48.5 Å². The van der Waals surface area contributed by atoms with Crippen molar-refractivity contribution in [2.75, 3.05) is 18.5 Å². The van der Waals surface area contributed by atoms with E-state index in [1.54, 1.807) is 24.3 Å². The van der Waals surface area contributed by atoms with Crippen molar-refractivity contribution in [1.29, 1.82) is 0 Å². The first-order valence-corrected chi connectivity index (χ1v) is 8.76. The highest BCUT2D eigenvalue weighted by atomic mass is 16.5. The van der Waals surface area contributed by atoms with Crippen LogP contribution in [-0.4, -0.2) is 30.9 Å². The highest BCUT2D eigenvalue weighted by Gasteiger charge is 2.13.